The van der Waals surface area contributed by atoms with E-state index >= 15 is 0 Å². The first-order valence-corrected chi connectivity index (χ1v) is 10.6. The van der Waals surface area contributed by atoms with Gasteiger partial charge >= 0.3 is 0 Å². The third-order valence-electron chi connectivity index (χ3n) is 6.29. The van der Waals surface area contributed by atoms with Crippen molar-refractivity contribution in [2.75, 3.05) is 36.4 Å². The van der Waals surface area contributed by atoms with Crippen molar-refractivity contribution in [2.24, 2.45) is 4.99 Å². The fourth-order valence-corrected chi connectivity index (χ4v) is 4.28. The molecule has 5 nitrogen and oxygen atoms in total. The summed E-state index contributed by atoms with van der Waals surface area (Å²) >= 11 is 0. The summed E-state index contributed by atoms with van der Waals surface area (Å²) in [6, 6.07) is 15.0. The van der Waals surface area contributed by atoms with Crippen LogP contribution < -0.4 is 10.2 Å². The monoisotopic (exact) mass is 390 g/mol. The zero-order chi connectivity index (χ0) is 20.4. The zero-order valence-corrected chi connectivity index (χ0v) is 17.6. The van der Waals surface area contributed by atoms with E-state index in [-0.39, 0.29) is 11.8 Å². The molecule has 2 aliphatic rings. The number of carbonyl (C=O) groups is 1. The topological polar surface area (TPSA) is 47.9 Å². The van der Waals surface area contributed by atoms with Crippen molar-refractivity contribution < 1.29 is 4.79 Å². The molecule has 0 aromatic heterocycles. The highest BCUT2D eigenvalue weighted by atomic mass is 16.2. The Balaban J connectivity index is 1.42. The Morgan fingerprint density at radius 1 is 1.14 bits per heavy atom. The summed E-state index contributed by atoms with van der Waals surface area (Å²) in [5.74, 6) is -0.326. The van der Waals surface area contributed by atoms with Crippen molar-refractivity contribution in [1.82, 2.24) is 4.90 Å². The van der Waals surface area contributed by atoms with E-state index in [2.05, 4.69) is 46.1 Å². The second-order valence-electron chi connectivity index (χ2n) is 8.08. The van der Waals surface area contributed by atoms with E-state index in [1.54, 1.807) is 6.21 Å². The number of nitrogens with one attached hydrogen (secondary N) is 1. The van der Waals surface area contributed by atoms with Crippen LogP contribution in [-0.4, -0.2) is 49.2 Å². The lowest BCUT2D eigenvalue weighted by molar-refractivity contribution is -0.115. The maximum atomic E-state index is 12.3. The molecule has 2 aliphatic heterocycles. The van der Waals surface area contributed by atoms with Crippen molar-refractivity contribution in [3.8, 4) is 0 Å². The number of hydrogen-bond donors (Lipinski definition) is 1. The molecule has 2 aromatic rings. The quantitative estimate of drug-likeness (QED) is 0.772. The van der Waals surface area contributed by atoms with Crippen LogP contribution in [0.3, 0.4) is 0 Å². The molecule has 0 saturated carbocycles. The number of benzene rings is 2. The first-order valence-electron chi connectivity index (χ1n) is 10.6. The molecule has 1 fully saturated rings. The fourth-order valence-electron chi connectivity index (χ4n) is 4.28. The minimum absolute atomic E-state index is 0.00570. The molecule has 2 aromatic carbocycles. The van der Waals surface area contributed by atoms with Crippen LogP contribution in [0.1, 0.15) is 37.3 Å². The van der Waals surface area contributed by atoms with Crippen LogP contribution >= 0.6 is 0 Å². The molecule has 0 bridgehead atoms. The molecule has 5 heteroatoms. The lowest BCUT2D eigenvalue weighted by atomic mass is 9.97. The number of nitrogens with zero attached hydrogens (tertiary/aromatic N) is 3. The van der Waals surface area contributed by atoms with E-state index in [0.717, 1.165) is 48.7 Å². The first kappa shape index (κ1) is 19.6. The number of rotatable bonds is 5. The number of anilines is 2. The van der Waals surface area contributed by atoms with Gasteiger partial charge in [0.05, 0.1) is 5.69 Å². The summed E-state index contributed by atoms with van der Waals surface area (Å²) in [5.41, 5.74) is 5.17. The third-order valence-corrected chi connectivity index (χ3v) is 6.29. The fraction of sp³-hybridized carbons (Fsp3) is 0.417. The average molecular weight is 391 g/mol. The number of fused-ring (bicyclic) bond motifs is 1. The molecule has 1 N–H and O–H groups in total. The predicted molar refractivity (Wildman–Crippen MR) is 121 cm³/mol. The number of carbonyl (C=O) groups excluding carboxylic acids is 1. The van der Waals surface area contributed by atoms with Crippen LogP contribution in [0, 0.1) is 6.92 Å². The smallest absolute Gasteiger partial charge is 0.237 e. The highest BCUT2D eigenvalue weighted by Crippen LogP contribution is 2.34. The second kappa shape index (κ2) is 8.37. The molecule has 4 rings (SSSR count). The van der Waals surface area contributed by atoms with E-state index in [9.17, 15) is 4.79 Å². The van der Waals surface area contributed by atoms with Gasteiger partial charge in [-0.15, -0.1) is 0 Å². The SMILES string of the molecule is CCC(C)N1CCN(c2ccc(N=CC3C(=O)Nc4cccc(C)c43)cc2)CC1. The van der Waals surface area contributed by atoms with E-state index in [1.807, 2.05) is 37.3 Å². The molecular formula is C24H30N4O. The molecule has 29 heavy (non-hydrogen) atoms. The lowest BCUT2D eigenvalue weighted by Gasteiger charge is -2.39. The summed E-state index contributed by atoms with van der Waals surface area (Å²) in [4.78, 5) is 22.0. The maximum absolute atomic E-state index is 12.3. The van der Waals surface area contributed by atoms with Gasteiger partial charge in [-0.1, -0.05) is 19.1 Å². The Hall–Kier alpha value is -2.66. The second-order valence-corrected chi connectivity index (χ2v) is 8.08. The van der Waals surface area contributed by atoms with Crippen molar-refractivity contribution in [3.05, 3.63) is 53.6 Å². The summed E-state index contributed by atoms with van der Waals surface area (Å²) in [7, 11) is 0. The Morgan fingerprint density at radius 3 is 2.55 bits per heavy atom. The van der Waals surface area contributed by atoms with Crippen molar-refractivity contribution in [2.45, 2.75) is 39.2 Å². The highest BCUT2D eigenvalue weighted by Gasteiger charge is 2.30. The molecule has 2 unspecified atom stereocenters. The van der Waals surface area contributed by atoms with Gasteiger partial charge < -0.3 is 10.2 Å². The number of aliphatic imine (C=N–C) groups is 1. The van der Waals surface area contributed by atoms with Gasteiger partial charge in [0, 0.05) is 49.8 Å². The van der Waals surface area contributed by atoms with Crippen LogP contribution in [0.25, 0.3) is 0 Å². The van der Waals surface area contributed by atoms with Crippen LogP contribution in [-0.2, 0) is 4.79 Å². The number of piperazine rings is 1. The van der Waals surface area contributed by atoms with Gasteiger partial charge in [0.2, 0.25) is 5.91 Å². The van der Waals surface area contributed by atoms with Crippen molar-refractivity contribution >= 4 is 29.2 Å². The highest BCUT2D eigenvalue weighted by molar-refractivity contribution is 6.13. The molecule has 1 saturated heterocycles. The summed E-state index contributed by atoms with van der Waals surface area (Å²) in [6.45, 7) is 11.0. The van der Waals surface area contributed by atoms with Crippen molar-refractivity contribution in [1.29, 1.82) is 0 Å². The van der Waals surface area contributed by atoms with Crippen LogP contribution in [0.4, 0.5) is 17.1 Å². The molecule has 2 heterocycles. The maximum Gasteiger partial charge on any atom is 0.237 e. The van der Waals surface area contributed by atoms with Gasteiger partial charge in [-0.2, -0.15) is 0 Å². The van der Waals surface area contributed by atoms with Gasteiger partial charge in [0.25, 0.3) is 0 Å². The van der Waals surface area contributed by atoms with Gasteiger partial charge in [-0.25, -0.2) is 0 Å². The molecule has 152 valence electrons. The Bertz CT molecular complexity index is 898. The van der Waals surface area contributed by atoms with E-state index in [0.29, 0.717) is 6.04 Å². The summed E-state index contributed by atoms with van der Waals surface area (Å²) < 4.78 is 0. The van der Waals surface area contributed by atoms with Gasteiger partial charge in [0.1, 0.15) is 5.92 Å². The zero-order valence-electron chi connectivity index (χ0n) is 17.6. The minimum Gasteiger partial charge on any atom is -0.369 e. The van der Waals surface area contributed by atoms with Crippen LogP contribution in [0.15, 0.2) is 47.5 Å². The average Bonchev–Trinajstić information content (AvgIpc) is 3.08. The van der Waals surface area contributed by atoms with E-state index in [4.69, 9.17) is 0 Å². The predicted octanol–water partition coefficient (Wildman–Crippen LogP) is 4.35. The van der Waals surface area contributed by atoms with E-state index < -0.39 is 0 Å². The standard InChI is InChI=1S/C24H30N4O/c1-4-18(3)27-12-14-28(15-13-27)20-10-8-19(9-11-20)25-16-21-23-17(2)6-5-7-22(23)26-24(21)29/h5-11,16,18,21H,4,12-15H2,1-3H3,(H,26,29). The summed E-state index contributed by atoms with van der Waals surface area (Å²) in [5, 5.41) is 2.95. The van der Waals surface area contributed by atoms with E-state index in [1.165, 1.54) is 12.1 Å². The lowest BCUT2D eigenvalue weighted by Crippen LogP contribution is -2.49. The van der Waals surface area contributed by atoms with Gasteiger partial charge in [-0.3, -0.25) is 14.7 Å². The molecule has 0 radical (unpaired) electrons. The largest absolute Gasteiger partial charge is 0.369 e. The molecule has 1 amide bonds. The van der Waals surface area contributed by atoms with Gasteiger partial charge in [-0.05, 0) is 61.7 Å². The Morgan fingerprint density at radius 2 is 1.86 bits per heavy atom. The van der Waals surface area contributed by atoms with Crippen molar-refractivity contribution in [3.63, 3.8) is 0 Å². The van der Waals surface area contributed by atoms with Crippen LogP contribution in [0.2, 0.25) is 0 Å². The minimum atomic E-state index is -0.320. The summed E-state index contributed by atoms with van der Waals surface area (Å²) in [6.07, 6.45) is 2.98. The number of amides is 1. The third kappa shape index (κ3) is 4.06. The molecule has 0 spiro atoms. The van der Waals surface area contributed by atoms with Gasteiger partial charge in [0.15, 0.2) is 0 Å². The Labute approximate surface area is 173 Å². The van der Waals surface area contributed by atoms with Crippen LogP contribution in [0.5, 0.6) is 0 Å². The molecule has 2 atom stereocenters. The molecule has 0 aliphatic carbocycles. The molecular weight excluding hydrogens is 360 g/mol. The first-order chi connectivity index (χ1) is 14.1. The number of hydrogen-bond acceptors (Lipinski definition) is 4. The normalized spacial score (nSPS) is 20.7. The Kier molecular flexibility index (Phi) is 5.67. The number of aryl methyl sites for hydroxylation is 1.